The largest absolute Gasteiger partial charge is 0.319 e. The maximum Gasteiger partial charge on any atom is 0.139 e. The highest BCUT2D eigenvalue weighted by molar-refractivity contribution is 6.30. The zero-order valence-electron chi connectivity index (χ0n) is 7.46. The molecular weight excluding hydrogens is 186 g/mol. The Morgan fingerprint density at radius 1 is 1.46 bits per heavy atom. The molecule has 13 heavy (non-hydrogen) atoms. The summed E-state index contributed by atoms with van der Waals surface area (Å²) >= 11 is 5.72. The Morgan fingerprint density at radius 2 is 2.00 bits per heavy atom. The van der Waals surface area contributed by atoms with Gasteiger partial charge in [0.15, 0.2) is 0 Å². The highest BCUT2D eigenvalue weighted by Gasteiger charge is 2.17. The Labute approximate surface area is 82.7 Å². The predicted molar refractivity (Wildman–Crippen MR) is 53.8 cm³/mol. The van der Waals surface area contributed by atoms with E-state index in [2.05, 4.69) is 0 Å². The van der Waals surface area contributed by atoms with Gasteiger partial charge in [-0.2, -0.15) is 0 Å². The first-order chi connectivity index (χ1) is 6.03. The minimum atomic E-state index is -0.784. The van der Waals surface area contributed by atoms with Gasteiger partial charge in [0.25, 0.3) is 0 Å². The van der Waals surface area contributed by atoms with E-state index in [-0.39, 0.29) is 0 Å². The second-order valence-corrected chi connectivity index (χ2v) is 3.86. The van der Waals surface area contributed by atoms with Gasteiger partial charge in [-0.05, 0) is 31.0 Å². The normalized spacial score (nSPS) is 15.0. The Balaban J connectivity index is 2.75. The van der Waals surface area contributed by atoms with Crippen LogP contribution in [0.5, 0.6) is 0 Å². The van der Waals surface area contributed by atoms with Crippen molar-refractivity contribution in [3.8, 4) is 0 Å². The van der Waals surface area contributed by atoms with Crippen LogP contribution in [0.2, 0.25) is 5.02 Å². The summed E-state index contributed by atoms with van der Waals surface area (Å²) in [6.07, 6.45) is 1.30. The molecule has 0 spiro atoms. The molecule has 0 aliphatic carbocycles. The maximum atomic E-state index is 10.5. The van der Waals surface area contributed by atoms with Gasteiger partial charge in [0.2, 0.25) is 0 Å². The van der Waals surface area contributed by atoms with Crippen molar-refractivity contribution in [3.05, 3.63) is 34.9 Å². The highest BCUT2D eigenvalue weighted by atomic mass is 35.5. The van der Waals surface area contributed by atoms with Gasteiger partial charge in [-0.1, -0.05) is 23.7 Å². The molecule has 0 bridgehead atoms. The summed E-state index contributed by atoms with van der Waals surface area (Å²) in [6.45, 7) is 1.70. The first kappa shape index (κ1) is 10.2. The van der Waals surface area contributed by atoms with Crippen molar-refractivity contribution in [1.82, 2.24) is 0 Å². The van der Waals surface area contributed by atoms with Crippen LogP contribution >= 0.6 is 11.6 Å². The quantitative estimate of drug-likeness (QED) is 0.751. The fourth-order valence-corrected chi connectivity index (χ4v) is 1.21. The van der Waals surface area contributed by atoms with Crippen molar-refractivity contribution in [1.29, 1.82) is 0 Å². The van der Waals surface area contributed by atoms with Crippen LogP contribution in [0.1, 0.15) is 12.5 Å². The molecular formula is C10H12ClNO. The summed E-state index contributed by atoms with van der Waals surface area (Å²) in [5.74, 6) is 0. The van der Waals surface area contributed by atoms with Crippen LogP contribution in [-0.4, -0.2) is 11.8 Å². The topological polar surface area (TPSA) is 43.1 Å². The van der Waals surface area contributed by atoms with E-state index in [1.807, 2.05) is 12.1 Å². The molecule has 0 saturated carbocycles. The molecule has 0 aromatic heterocycles. The Hall–Kier alpha value is -0.860. The third kappa shape index (κ3) is 3.17. The summed E-state index contributed by atoms with van der Waals surface area (Å²) in [6, 6.07) is 7.32. The van der Waals surface area contributed by atoms with Crippen molar-refractivity contribution in [3.63, 3.8) is 0 Å². The summed E-state index contributed by atoms with van der Waals surface area (Å²) in [5.41, 5.74) is 5.92. The number of benzene rings is 1. The van der Waals surface area contributed by atoms with Gasteiger partial charge in [-0.15, -0.1) is 0 Å². The summed E-state index contributed by atoms with van der Waals surface area (Å²) in [7, 11) is 0. The molecule has 0 aliphatic heterocycles. The van der Waals surface area contributed by atoms with Crippen LogP contribution in [-0.2, 0) is 11.2 Å². The molecule has 0 unspecified atom stereocenters. The molecule has 1 aromatic carbocycles. The van der Waals surface area contributed by atoms with Crippen molar-refractivity contribution >= 4 is 17.9 Å². The van der Waals surface area contributed by atoms with E-state index in [9.17, 15) is 4.79 Å². The lowest BCUT2D eigenvalue weighted by Gasteiger charge is -2.16. The Kier molecular flexibility index (Phi) is 3.07. The number of carbonyl (C=O) groups is 1. The van der Waals surface area contributed by atoms with Crippen LogP contribution in [0.25, 0.3) is 0 Å². The van der Waals surface area contributed by atoms with Gasteiger partial charge in [0, 0.05) is 5.02 Å². The molecule has 0 saturated heterocycles. The number of hydrogen-bond donors (Lipinski definition) is 1. The van der Waals surface area contributed by atoms with Gasteiger partial charge in [-0.25, -0.2) is 0 Å². The van der Waals surface area contributed by atoms with Gasteiger partial charge < -0.3 is 10.5 Å². The van der Waals surface area contributed by atoms with Crippen molar-refractivity contribution in [2.24, 2.45) is 5.73 Å². The van der Waals surface area contributed by atoms with E-state index in [4.69, 9.17) is 17.3 Å². The molecule has 1 rings (SSSR count). The monoisotopic (exact) mass is 197 g/mol. The Morgan fingerprint density at radius 3 is 2.46 bits per heavy atom. The number of rotatable bonds is 3. The number of aldehydes is 1. The SMILES string of the molecule is C[C@@](N)(C=O)Cc1ccc(Cl)cc1. The van der Waals surface area contributed by atoms with Crippen LogP contribution < -0.4 is 5.73 Å². The molecule has 1 aromatic rings. The number of carbonyl (C=O) groups excluding carboxylic acids is 1. The first-order valence-corrected chi connectivity index (χ1v) is 4.41. The van der Waals surface area contributed by atoms with Crippen LogP contribution in [0, 0.1) is 0 Å². The molecule has 70 valence electrons. The smallest absolute Gasteiger partial charge is 0.139 e. The van der Waals surface area contributed by atoms with Gasteiger partial charge in [0.05, 0.1) is 5.54 Å². The van der Waals surface area contributed by atoms with E-state index >= 15 is 0 Å². The average Bonchev–Trinajstić information content (AvgIpc) is 2.09. The minimum absolute atomic E-state index is 0.535. The molecule has 0 heterocycles. The highest BCUT2D eigenvalue weighted by Crippen LogP contribution is 2.13. The zero-order chi connectivity index (χ0) is 9.90. The van der Waals surface area contributed by atoms with Crippen LogP contribution in [0.4, 0.5) is 0 Å². The van der Waals surface area contributed by atoms with Crippen molar-refractivity contribution in [2.45, 2.75) is 18.9 Å². The zero-order valence-corrected chi connectivity index (χ0v) is 8.21. The molecule has 0 radical (unpaired) electrons. The van der Waals surface area contributed by atoms with Crippen LogP contribution in [0.15, 0.2) is 24.3 Å². The lowest BCUT2D eigenvalue weighted by Crippen LogP contribution is -2.40. The lowest BCUT2D eigenvalue weighted by atomic mass is 9.96. The fraction of sp³-hybridized carbons (Fsp3) is 0.300. The van der Waals surface area contributed by atoms with Gasteiger partial charge in [0.1, 0.15) is 6.29 Å². The van der Waals surface area contributed by atoms with Gasteiger partial charge in [-0.3, -0.25) is 0 Å². The second kappa shape index (κ2) is 3.90. The average molecular weight is 198 g/mol. The molecule has 0 amide bonds. The maximum absolute atomic E-state index is 10.5. The third-order valence-electron chi connectivity index (χ3n) is 1.77. The standard InChI is InChI=1S/C10H12ClNO/c1-10(12,7-13)6-8-2-4-9(11)5-3-8/h2-5,7H,6,12H2,1H3/t10-/m0/s1. The predicted octanol–water partition coefficient (Wildman–Crippen LogP) is 1.80. The summed E-state index contributed by atoms with van der Waals surface area (Å²) in [4.78, 5) is 10.5. The van der Waals surface area contributed by atoms with E-state index < -0.39 is 5.54 Å². The number of nitrogens with two attached hydrogens (primary N) is 1. The first-order valence-electron chi connectivity index (χ1n) is 4.03. The lowest BCUT2D eigenvalue weighted by molar-refractivity contribution is -0.111. The van der Waals surface area contributed by atoms with Gasteiger partial charge >= 0.3 is 0 Å². The van der Waals surface area contributed by atoms with E-state index in [1.54, 1.807) is 19.1 Å². The van der Waals surface area contributed by atoms with E-state index in [0.29, 0.717) is 11.4 Å². The molecule has 0 fully saturated rings. The van der Waals surface area contributed by atoms with Crippen LogP contribution in [0.3, 0.4) is 0 Å². The number of halogens is 1. The number of hydrogen-bond acceptors (Lipinski definition) is 2. The van der Waals surface area contributed by atoms with E-state index in [0.717, 1.165) is 11.8 Å². The fourth-order valence-electron chi connectivity index (χ4n) is 1.08. The van der Waals surface area contributed by atoms with E-state index in [1.165, 1.54) is 0 Å². The Bertz CT molecular complexity index is 292. The minimum Gasteiger partial charge on any atom is -0.319 e. The molecule has 3 heteroatoms. The van der Waals surface area contributed by atoms with Crippen molar-refractivity contribution in [2.75, 3.05) is 0 Å². The summed E-state index contributed by atoms with van der Waals surface area (Å²) in [5, 5.41) is 0.688. The molecule has 0 aliphatic rings. The molecule has 2 N–H and O–H groups in total. The third-order valence-corrected chi connectivity index (χ3v) is 2.02. The second-order valence-electron chi connectivity index (χ2n) is 3.43. The molecule has 1 atom stereocenters. The van der Waals surface area contributed by atoms with Crippen molar-refractivity contribution < 1.29 is 4.79 Å². The summed E-state index contributed by atoms with van der Waals surface area (Å²) < 4.78 is 0. The molecule has 2 nitrogen and oxygen atoms in total.